The number of amides is 2. The van der Waals surface area contributed by atoms with Gasteiger partial charge in [0.1, 0.15) is 11.2 Å². The highest BCUT2D eigenvalue weighted by Crippen LogP contribution is 2.48. The lowest BCUT2D eigenvalue weighted by atomic mass is 9.87. The molecule has 0 spiro atoms. The van der Waals surface area contributed by atoms with Gasteiger partial charge in [-0.15, -0.1) is 0 Å². The van der Waals surface area contributed by atoms with E-state index >= 15 is 0 Å². The highest BCUT2D eigenvalue weighted by Gasteiger charge is 2.68. The van der Waals surface area contributed by atoms with Gasteiger partial charge in [-0.2, -0.15) is 0 Å². The maximum absolute atomic E-state index is 13.0. The van der Waals surface area contributed by atoms with Crippen LogP contribution in [-0.4, -0.2) is 47.1 Å². The fraction of sp³-hybridized carbons (Fsp3) is 0.588. The topological polar surface area (TPSA) is 80.8 Å². The number of aromatic nitrogens is 1. The summed E-state index contributed by atoms with van der Waals surface area (Å²) in [7, 11) is 0. The number of rotatable bonds is 6. The molecule has 0 radical (unpaired) electrons. The van der Waals surface area contributed by atoms with Gasteiger partial charge in [-0.05, 0) is 31.9 Å². The molecule has 1 aromatic heterocycles. The second-order valence-electron chi connectivity index (χ2n) is 6.49. The molecule has 7 heteroatoms. The van der Waals surface area contributed by atoms with E-state index in [1.54, 1.807) is 25.3 Å². The van der Waals surface area contributed by atoms with Crippen LogP contribution in [0.5, 0.6) is 0 Å². The van der Waals surface area contributed by atoms with Crippen molar-refractivity contribution < 1.29 is 19.1 Å². The molecule has 0 saturated carbocycles. The smallest absolute Gasteiger partial charge is 0.271 e. The lowest BCUT2D eigenvalue weighted by Gasteiger charge is -2.39. The number of hydrogen-bond acceptors (Lipinski definition) is 5. The summed E-state index contributed by atoms with van der Waals surface area (Å²) in [5, 5.41) is 2.89. The average Bonchev–Trinajstić information content (AvgIpc) is 2.94. The minimum absolute atomic E-state index is 0.0897. The summed E-state index contributed by atoms with van der Waals surface area (Å²) in [6.07, 6.45) is 1.60. The predicted octanol–water partition coefficient (Wildman–Crippen LogP) is 1.25. The third-order valence-corrected chi connectivity index (χ3v) is 4.95. The molecule has 130 valence electrons. The summed E-state index contributed by atoms with van der Waals surface area (Å²) in [5.41, 5.74) is -0.117. The predicted molar refractivity (Wildman–Crippen MR) is 85.9 cm³/mol. The van der Waals surface area contributed by atoms with Gasteiger partial charge < -0.3 is 14.8 Å². The molecule has 0 aromatic carbocycles. The number of nitrogens with zero attached hydrogens (tertiary/aromatic N) is 2. The first-order valence-electron chi connectivity index (χ1n) is 8.24. The Kier molecular flexibility index (Phi) is 4.09. The molecule has 1 N–H and O–H groups in total. The monoisotopic (exact) mass is 333 g/mol. The van der Waals surface area contributed by atoms with Gasteiger partial charge >= 0.3 is 0 Å². The van der Waals surface area contributed by atoms with E-state index in [4.69, 9.17) is 9.47 Å². The Morgan fingerprint density at radius 1 is 1.33 bits per heavy atom. The van der Waals surface area contributed by atoms with Crippen molar-refractivity contribution in [3.05, 3.63) is 29.6 Å². The first-order chi connectivity index (χ1) is 11.4. The molecular weight excluding hydrogens is 310 g/mol. The zero-order chi connectivity index (χ0) is 17.5. The summed E-state index contributed by atoms with van der Waals surface area (Å²) in [5.74, 6) is -1.93. The van der Waals surface area contributed by atoms with Crippen LogP contribution in [0.2, 0.25) is 0 Å². The third-order valence-electron chi connectivity index (χ3n) is 4.95. The van der Waals surface area contributed by atoms with Crippen LogP contribution >= 0.6 is 0 Å². The van der Waals surface area contributed by atoms with Crippen molar-refractivity contribution in [1.29, 1.82) is 0 Å². The fourth-order valence-electron chi connectivity index (χ4n) is 3.33. The summed E-state index contributed by atoms with van der Waals surface area (Å²) in [6.45, 7) is 8.68. The summed E-state index contributed by atoms with van der Waals surface area (Å²) >= 11 is 0. The van der Waals surface area contributed by atoms with Crippen LogP contribution in [0.4, 0.5) is 0 Å². The molecule has 2 aliphatic rings. The first kappa shape index (κ1) is 16.9. The van der Waals surface area contributed by atoms with Crippen molar-refractivity contribution >= 4 is 11.8 Å². The molecule has 0 bridgehead atoms. The van der Waals surface area contributed by atoms with E-state index in [1.165, 1.54) is 4.90 Å². The van der Waals surface area contributed by atoms with Crippen molar-refractivity contribution in [3.8, 4) is 0 Å². The summed E-state index contributed by atoms with van der Waals surface area (Å²) < 4.78 is 11.3. The van der Waals surface area contributed by atoms with Gasteiger partial charge in [-0.3, -0.25) is 19.5 Å². The van der Waals surface area contributed by atoms with Gasteiger partial charge in [0, 0.05) is 12.8 Å². The Balaban J connectivity index is 2.07. The highest BCUT2D eigenvalue weighted by atomic mass is 16.6. The standard InChI is InChI=1S/C17H23N3O4/c1-5-23-9-10-24-17-13-12(7-6-8-18-13)14(21)20(17)16(4,11(2)3)15(22)19-17/h6-8,11H,5,9-10H2,1-4H3,(H,19,22). The van der Waals surface area contributed by atoms with E-state index in [0.29, 0.717) is 24.5 Å². The molecule has 3 heterocycles. The fourth-order valence-corrected chi connectivity index (χ4v) is 3.33. The van der Waals surface area contributed by atoms with E-state index in [0.717, 1.165) is 0 Å². The molecule has 3 rings (SSSR count). The van der Waals surface area contributed by atoms with Crippen LogP contribution in [0.3, 0.4) is 0 Å². The molecule has 2 amide bonds. The second kappa shape index (κ2) is 5.82. The van der Waals surface area contributed by atoms with Crippen LogP contribution < -0.4 is 5.32 Å². The highest BCUT2D eigenvalue weighted by molar-refractivity contribution is 6.06. The van der Waals surface area contributed by atoms with E-state index in [2.05, 4.69) is 10.3 Å². The SMILES string of the molecule is CCOCCOC12NC(=O)C(C)(C(C)C)N1C(=O)c1cccnc12. The molecule has 2 unspecified atom stereocenters. The number of fused-ring (bicyclic) bond motifs is 3. The van der Waals surface area contributed by atoms with Gasteiger partial charge in [-0.1, -0.05) is 13.8 Å². The molecule has 0 aliphatic carbocycles. The van der Waals surface area contributed by atoms with Gasteiger partial charge in [0.25, 0.3) is 11.8 Å². The van der Waals surface area contributed by atoms with Crippen LogP contribution in [0, 0.1) is 5.92 Å². The van der Waals surface area contributed by atoms with Crippen LogP contribution in [0.25, 0.3) is 0 Å². The molecular formula is C17H23N3O4. The quantitative estimate of drug-likeness (QED) is 0.792. The maximum atomic E-state index is 13.0. The van der Waals surface area contributed by atoms with Crippen molar-refractivity contribution in [2.75, 3.05) is 19.8 Å². The zero-order valence-electron chi connectivity index (χ0n) is 14.5. The van der Waals surface area contributed by atoms with E-state index < -0.39 is 11.4 Å². The Morgan fingerprint density at radius 2 is 2.08 bits per heavy atom. The second-order valence-corrected chi connectivity index (χ2v) is 6.49. The number of hydrogen-bond donors (Lipinski definition) is 1. The maximum Gasteiger partial charge on any atom is 0.271 e. The Morgan fingerprint density at radius 3 is 2.75 bits per heavy atom. The molecule has 2 aliphatic heterocycles. The van der Waals surface area contributed by atoms with Gasteiger partial charge in [0.05, 0.1) is 18.8 Å². The molecule has 2 atom stereocenters. The van der Waals surface area contributed by atoms with Crippen molar-refractivity contribution in [1.82, 2.24) is 15.2 Å². The molecule has 24 heavy (non-hydrogen) atoms. The lowest BCUT2D eigenvalue weighted by molar-refractivity contribution is -0.165. The minimum atomic E-state index is -1.36. The molecule has 1 saturated heterocycles. The number of nitrogens with one attached hydrogen (secondary N) is 1. The van der Waals surface area contributed by atoms with E-state index in [-0.39, 0.29) is 24.3 Å². The van der Waals surface area contributed by atoms with Gasteiger partial charge in [-0.25, -0.2) is 0 Å². The average molecular weight is 333 g/mol. The van der Waals surface area contributed by atoms with Gasteiger partial charge in [0.2, 0.25) is 5.91 Å². The summed E-state index contributed by atoms with van der Waals surface area (Å²) in [6, 6.07) is 3.42. The Bertz CT molecular complexity index is 678. The first-order valence-corrected chi connectivity index (χ1v) is 8.24. The van der Waals surface area contributed by atoms with Crippen molar-refractivity contribution in [3.63, 3.8) is 0 Å². The number of carbonyl (C=O) groups is 2. The van der Waals surface area contributed by atoms with Crippen LogP contribution in [0.15, 0.2) is 18.3 Å². The largest absolute Gasteiger partial charge is 0.379 e. The minimum Gasteiger partial charge on any atom is -0.379 e. The molecule has 1 fully saturated rings. The van der Waals surface area contributed by atoms with Crippen LogP contribution in [0.1, 0.15) is 43.7 Å². The Hall–Kier alpha value is -1.99. The Labute approximate surface area is 141 Å². The van der Waals surface area contributed by atoms with Gasteiger partial charge in [0.15, 0.2) is 0 Å². The molecule has 1 aromatic rings. The molecule has 7 nitrogen and oxygen atoms in total. The van der Waals surface area contributed by atoms with Crippen molar-refractivity contribution in [2.45, 2.75) is 39.1 Å². The summed E-state index contributed by atoms with van der Waals surface area (Å²) in [4.78, 5) is 31.6. The lowest BCUT2D eigenvalue weighted by Crippen LogP contribution is -2.56. The number of pyridine rings is 1. The van der Waals surface area contributed by atoms with E-state index in [1.807, 2.05) is 20.8 Å². The number of ether oxygens (including phenoxy) is 2. The number of carbonyl (C=O) groups excluding carboxylic acids is 2. The third kappa shape index (κ3) is 2.08. The van der Waals surface area contributed by atoms with Crippen LogP contribution in [-0.2, 0) is 20.1 Å². The van der Waals surface area contributed by atoms with Crippen molar-refractivity contribution in [2.24, 2.45) is 5.92 Å². The van der Waals surface area contributed by atoms with E-state index in [9.17, 15) is 9.59 Å². The normalized spacial score (nSPS) is 28.3. The zero-order valence-corrected chi connectivity index (χ0v) is 14.5.